The lowest BCUT2D eigenvalue weighted by Gasteiger charge is -2.28. The van der Waals surface area contributed by atoms with Crippen molar-refractivity contribution in [2.24, 2.45) is 0 Å². The van der Waals surface area contributed by atoms with Crippen LogP contribution in [0.2, 0.25) is 5.02 Å². The lowest BCUT2D eigenvalue weighted by Crippen LogP contribution is -2.45. The first-order valence-corrected chi connectivity index (χ1v) is 10.6. The third-order valence-corrected chi connectivity index (χ3v) is 5.61. The molecule has 0 radical (unpaired) electrons. The van der Waals surface area contributed by atoms with Crippen molar-refractivity contribution in [3.05, 3.63) is 47.0 Å². The average Bonchev–Trinajstić information content (AvgIpc) is 2.61. The second-order valence-electron chi connectivity index (χ2n) is 6.25. The van der Waals surface area contributed by atoms with Crippen LogP contribution in [0.15, 0.2) is 36.4 Å². The minimum absolute atomic E-state index is 0.318. The molecule has 0 aromatic heterocycles. The lowest BCUT2D eigenvalue weighted by molar-refractivity contribution is -0.116. The Labute approximate surface area is 170 Å². The molecule has 0 bridgehead atoms. The van der Waals surface area contributed by atoms with E-state index >= 15 is 0 Å². The molecule has 0 fully saturated rings. The number of rotatable bonds is 7. The van der Waals surface area contributed by atoms with Crippen LogP contribution in [-0.2, 0) is 14.8 Å². The molecule has 2 aromatic rings. The number of benzene rings is 2. The van der Waals surface area contributed by atoms with Crippen molar-refractivity contribution in [2.45, 2.75) is 19.9 Å². The number of methoxy groups -OCH3 is 2. The number of carbonyl (C=O) groups excluding carboxylic acids is 1. The Morgan fingerprint density at radius 1 is 1.14 bits per heavy atom. The van der Waals surface area contributed by atoms with Gasteiger partial charge in [-0.1, -0.05) is 23.7 Å². The van der Waals surface area contributed by atoms with E-state index in [2.05, 4.69) is 5.32 Å². The van der Waals surface area contributed by atoms with Crippen molar-refractivity contribution < 1.29 is 22.7 Å². The third-order valence-electron chi connectivity index (χ3n) is 4.08. The number of anilines is 2. The molecule has 0 saturated carbocycles. The standard InChI is InChI=1S/C19H23ClN2O5S/c1-12-7-6-8-14(9-12)22(28(5,24)25)13(2)19(23)21-16-11-17(26-3)15(20)10-18(16)27-4/h6-11,13H,1-5H3,(H,21,23)/t13-/m0/s1. The van der Waals surface area contributed by atoms with Gasteiger partial charge in [-0.3, -0.25) is 9.10 Å². The molecule has 0 unspecified atom stereocenters. The van der Waals surface area contributed by atoms with Crippen LogP contribution in [0.25, 0.3) is 0 Å². The van der Waals surface area contributed by atoms with E-state index in [0.29, 0.717) is 27.9 Å². The van der Waals surface area contributed by atoms with Crippen LogP contribution >= 0.6 is 11.6 Å². The third kappa shape index (κ3) is 4.88. The highest BCUT2D eigenvalue weighted by Crippen LogP contribution is 2.36. The largest absolute Gasteiger partial charge is 0.495 e. The fraction of sp³-hybridized carbons (Fsp3) is 0.316. The van der Waals surface area contributed by atoms with E-state index < -0.39 is 22.0 Å². The van der Waals surface area contributed by atoms with Crippen molar-refractivity contribution in [1.29, 1.82) is 0 Å². The van der Waals surface area contributed by atoms with E-state index in [9.17, 15) is 13.2 Å². The van der Waals surface area contributed by atoms with Gasteiger partial charge in [-0.25, -0.2) is 8.42 Å². The molecule has 1 N–H and O–H groups in total. The number of carbonyl (C=O) groups is 1. The summed E-state index contributed by atoms with van der Waals surface area (Å²) in [6, 6.07) is 8.95. The highest BCUT2D eigenvalue weighted by Gasteiger charge is 2.30. The highest BCUT2D eigenvalue weighted by atomic mass is 35.5. The van der Waals surface area contributed by atoms with Crippen molar-refractivity contribution in [1.82, 2.24) is 0 Å². The summed E-state index contributed by atoms with van der Waals surface area (Å²) in [4.78, 5) is 12.9. The average molecular weight is 427 g/mol. The van der Waals surface area contributed by atoms with Crippen molar-refractivity contribution in [3.63, 3.8) is 0 Å². The van der Waals surface area contributed by atoms with Gasteiger partial charge in [-0.15, -0.1) is 0 Å². The highest BCUT2D eigenvalue weighted by molar-refractivity contribution is 7.92. The molecular formula is C19H23ClN2O5S. The number of nitrogens with zero attached hydrogens (tertiary/aromatic N) is 1. The molecule has 0 heterocycles. The summed E-state index contributed by atoms with van der Waals surface area (Å²) >= 11 is 6.08. The zero-order chi connectivity index (χ0) is 21.1. The summed E-state index contributed by atoms with van der Waals surface area (Å²) in [7, 11) is -0.824. The van der Waals surface area contributed by atoms with Crippen LogP contribution < -0.4 is 19.1 Å². The molecule has 152 valence electrons. The Bertz CT molecular complexity index is 978. The zero-order valence-electron chi connectivity index (χ0n) is 16.3. The predicted molar refractivity (Wildman–Crippen MR) is 111 cm³/mol. The molecule has 1 amide bonds. The van der Waals surface area contributed by atoms with Crippen LogP contribution in [0.5, 0.6) is 11.5 Å². The zero-order valence-corrected chi connectivity index (χ0v) is 17.9. The molecule has 7 nitrogen and oxygen atoms in total. The Balaban J connectivity index is 2.39. The van der Waals surface area contributed by atoms with Gasteiger partial charge in [0, 0.05) is 12.1 Å². The van der Waals surface area contributed by atoms with Crippen molar-refractivity contribution in [3.8, 4) is 11.5 Å². The molecule has 0 spiro atoms. The summed E-state index contributed by atoms with van der Waals surface area (Å²) in [5, 5.41) is 3.01. The summed E-state index contributed by atoms with van der Waals surface area (Å²) in [5.41, 5.74) is 1.60. The minimum atomic E-state index is -3.71. The normalized spacial score (nSPS) is 12.2. The Morgan fingerprint density at radius 2 is 1.79 bits per heavy atom. The Kier molecular flexibility index (Phi) is 6.79. The molecule has 0 aliphatic heterocycles. The van der Waals surface area contributed by atoms with Gasteiger partial charge in [-0.2, -0.15) is 0 Å². The van der Waals surface area contributed by atoms with Crippen LogP contribution in [0, 0.1) is 6.92 Å². The summed E-state index contributed by atoms with van der Waals surface area (Å²) in [6.45, 7) is 3.36. The van der Waals surface area contributed by atoms with E-state index in [1.54, 1.807) is 18.2 Å². The van der Waals surface area contributed by atoms with Gasteiger partial charge in [0.2, 0.25) is 15.9 Å². The molecule has 2 aromatic carbocycles. The topological polar surface area (TPSA) is 84.9 Å². The molecular weight excluding hydrogens is 404 g/mol. The smallest absolute Gasteiger partial charge is 0.248 e. The number of hydrogen-bond acceptors (Lipinski definition) is 5. The molecule has 0 aliphatic rings. The number of sulfonamides is 1. The number of amides is 1. The van der Waals surface area contributed by atoms with Gasteiger partial charge in [-0.05, 0) is 31.5 Å². The number of nitrogens with one attached hydrogen (secondary N) is 1. The number of aryl methyl sites for hydroxylation is 1. The summed E-state index contributed by atoms with van der Waals surface area (Å²) < 4.78 is 36.3. The summed E-state index contributed by atoms with van der Waals surface area (Å²) in [6.07, 6.45) is 1.06. The number of ether oxygens (including phenoxy) is 2. The van der Waals surface area contributed by atoms with Crippen molar-refractivity contribution >= 4 is 38.9 Å². The molecule has 0 saturated heterocycles. The first kappa shape index (κ1) is 21.8. The second kappa shape index (κ2) is 8.70. The van der Waals surface area contributed by atoms with Crippen LogP contribution in [0.3, 0.4) is 0 Å². The van der Waals surface area contributed by atoms with E-state index in [1.165, 1.54) is 33.3 Å². The molecule has 9 heteroatoms. The molecule has 2 rings (SSSR count). The van der Waals surface area contributed by atoms with Gasteiger partial charge in [0.1, 0.15) is 17.5 Å². The van der Waals surface area contributed by atoms with Crippen LogP contribution in [-0.4, -0.2) is 40.8 Å². The molecule has 0 aliphatic carbocycles. The maximum Gasteiger partial charge on any atom is 0.248 e. The maximum absolute atomic E-state index is 12.9. The van der Waals surface area contributed by atoms with E-state index in [4.69, 9.17) is 21.1 Å². The number of hydrogen-bond donors (Lipinski definition) is 1. The quantitative estimate of drug-likeness (QED) is 0.732. The van der Waals surface area contributed by atoms with E-state index in [0.717, 1.165) is 16.1 Å². The minimum Gasteiger partial charge on any atom is -0.495 e. The second-order valence-corrected chi connectivity index (χ2v) is 8.52. The first-order valence-electron chi connectivity index (χ1n) is 8.37. The SMILES string of the molecule is COc1cc(NC(=O)[C@H](C)N(c2cccc(C)c2)S(C)(=O)=O)c(OC)cc1Cl. The van der Waals surface area contributed by atoms with Crippen LogP contribution in [0.4, 0.5) is 11.4 Å². The van der Waals surface area contributed by atoms with Gasteiger partial charge in [0.05, 0.1) is 36.9 Å². The fourth-order valence-electron chi connectivity index (χ4n) is 2.77. The molecule has 28 heavy (non-hydrogen) atoms. The van der Waals surface area contributed by atoms with Gasteiger partial charge >= 0.3 is 0 Å². The van der Waals surface area contributed by atoms with Gasteiger partial charge in [0.25, 0.3) is 0 Å². The van der Waals surface area contributed by atoms with Crippen LogP contribution in [0.1, 0.15) is 12.5 Å². The fourth-order valence-corrected chi connectivity index (χ4v) is 4.17. The van der Waals surface area contributed by atoms with Gasteiger partial charge in [0.15, 0.2) is 0 Å². The lowest BCUT2D eigenvalue weighted by atomic mass is 10.2. The van der Waals surface area contributed by atoms with Gasteiger partial charge < -0.3 is 14.8 Å². The number of halogens is 1. The predicted octanol–water partition coefficient (Wildman–Crippen LogP) is 3.46. The molecule has 1 atom stereocenters. The summed E-state index contributed by atoms with van der Waals surface area (Å²) in [5.74, 6) is 0.145. The maximum atomic E-state index is 12.9. The Hall–Kier alpha value is -2.45. The van der Waals surface area contributed by atoms with E-state index in [-0.39, 0.29) is 0 Å². The van der Waals surface area contributed by atoms with E-state index in [1.807, 2.05) is 13.0 Å². The first-order chi connectivity index (χ1) is 13.1. The van der Waals surface area contributed by atoms with Crippen molar-refractivity contribution in [2.75, 3.05) is 30.1 Å². The Morgan fingerprint density at radius 3 is 2.32 bits per heavy atom. The monoisotopic (exact) mass is 426 g/mol.